The molecule has 26 heavy (non-hydrogen) atoms. The molecule has 0 aliphatic rings. The van der Waals surface area contributed by atoms with Crippen LogP contribution in [0.1, 0.15) is 16.1 Å². The molecule has 0 saturated carbocycles. The third-order valence-electron chi connectivity index (χ3n) is 4.36. The first-order chi connectivity index (χ1) is 12.6. The van der Waals surface area contributed by atoms with Crippen LogP contribution in [-0.4, -0.2) is 10.9 Å². The fraction of sp³-hybridized carbons (Fsp3) is 0.143. The van der Waals surface area contributed by atoms with Gasteiger partial charge in [0, 0.05) is 15.8 Å². The van der Waals surface area contributed by atoms with E-state index >= 15 is 0 Å². The second kappa shape index (κ2) is 7.02. The van der Waals surface area contributed by atoms with Crippen LogP contribution in [0.25, 0.3) is 20.7 Å². The molecule has 1 N–H and O–H groups in total. The van der Waals surface area contributed by atoms with E-state index in [4.69, 9.17) is 4.98 Å². The number of para-hydroxylation sites is 1. The summed E-state index contributed by atoms with van der Waals surface area (Å²) in [5.74, 6) is -0.0340. The summed E-state index contributed by atoms with van der Waals surface area (Å²) in [5.41, 5.74) is 4.13. The van der Waals surface area contributed by atoms with Crippen molar-refractivity contribution in [2.24, 2.45) is 0 Å². The molecule has 2 aromatic carbocycles. The minimum Gasteiger partial charge on any atom is -0.325 e. The van der Waals surface area contributed by atoms with Crippen molar-refractivity contribution in [1.29, 1.82) is 0 Å². The van der Waals surface area contributed by atoms with E-state index < -0.39 is 0 Å². The Hall–Kier alpha value is -2.50. The molecule has 0 bridgehead atoms. The molecule has 0 radical (unpaired) electrons. The second-order valence-electron chi connectivity index (χ2n) is 6.22. The van der Waals surface area contributed by atoms with E-state index in [0.29, 0.717) is 6.42 Å². The Balaban J connectivity index is 1.53. The fourth-order valence-electron chi connectivity index (χ4n) is 2.96. The lowest BCUT2D eigenvalue weighted by Crippen LogP contribution is -2.14. The van der Waals surface area contributed by atoms with Crippen LogP contribution >= 0.6 is 22.7 Å². The average Bonchev–Trinajstić information content (AvgIpc) is 3.22. The minimum atomic E-state index is -0.0340. The summed E-state index contributed by atoms with van der Waals surface area (Å²) >= 11 is 3.30. The van der Waals surface area contributed by atoms with Crippen molar-refractivity contribution in [1.82, 2.24) is 4.98 Å². The zero-order chi connectivity index (χ0) is 18.1. The number of aromatic nitrogens is 1. The van der Waals surface area contributed by atoms with Crippen LogP contribution in [0.5, 0.6) is 0 Å². The van der Waals surface area contributed by atoms with Crippen LogP contribution < -0.4 is 5.32 Å². The number of carbonyl (C=O) groups is 1. The maximum absolute atomic E-state index is 12.3. The zero-order valence-corrected chi connectivity index (χ0v) is 16.2. The first-order valence-corrected chi connectivity index (χ1v) is 10.1. The Bertz CT molecular complexity index is 1090. The number of thiophene rings is 1. The normalized spacial score (nSPS) is 11.0. The van der Waals surface area contributed by atoms with Crippen molar-refractivity contribution in [2.75, 3.05) is 5.32 Å². The highest BCUT2D eigenvalue weighted by Gasteiger charge is 2.14. The Kier molecular flexibility index (Phi) is 4.57. The number of aryl methyl sites for hydroxylation is 2. The van der Waals surface area contributed by atoms with Crippen molar-refractivity contribution < 1.29 is 4.79 Å². The molecule has 1 amide bonds. The second-order valence-corrected chi connectivity index (χ2v) is 8.21. The number of benzene rings is 2. The number of amides is 1. The maximum atomic E-state index is 12.3. The van der Waals surface area contributed by atoms with Crippen LogP contribution in [0.2, 0.25) is 0 Å². The summed E-state index contributed by atoms with van der Waals surface area (Å²) in [7, 11) is 0. The van der Waals surface area contributed by atoms with Gasteiger partial charge in [-0.1, -0.05) is 36.4 Å². The van der Waals surface area contributed by atoms with Gasteiger partial charge in [0.1, 0.15) is 5.01 Å². The molecule has 0 fully saturated rings. The molecule has 0 aliphatic carbocycles. The lowest BCUT2D eigenvalue weighted by molar-refractivity contribution is -0.115. The van der Waals surface area contributed by atoms with E-state index in [1.54, 1.807) is 22.7 Å². The van der Waals surface area contributed by atoms with Gasteiger partial charge in [-0.15, -0.1) is 22.7 Å². The Morgan fingerprint density at radius 2 is 1.85 bits per heavy atom. The fourth-order valence-corrected chi connectivity index (χ4v) is 4.99. The summed E-state index contributed by atoms with van der Waals surface area (Å²) in [5, 5.41) is 7.13. The predicted molar refractivity (Wildman–Crippen MR) is 111 cm³/mol. The molecule has 0 unspecified atom stereocenters. The van der Waals surface area contributed by atoms with Gasteiger partial charge in [0.2, 0.25) is 5.91 Å². The number of nitrogens with zero attached hydrogens (tertiary/aromatic N) is 1. The van der Waals surface area contributed by atoms with Crippen molar-refractivity contribution in [3.8, 4) is 10.6 Å². The van der Waals surface area contributed by atoms with E-state index in [-0.39, 0.29) is 5.91 Å². The number of anilines is 1. The monoisotopic (exact) mass is 378 g/mol. The number of fused-ring (bicyclic) bond motifs is 1. The molecule has 4 aromatic rings. The molecule has 0 spiro atoms. The number of thiazole rings is 1. The van der Waals surface area contributed by atoms with Gasteiger partial charge in [-0.2, -0.15) is 0 Å². The minimum absolute atomic E-state index is 0.0340. The molecular formula is C21H18N2OS2. The van der Waals surface area contributed by atoms with Crippen LogP contribution in [0, 0.1) is 13.8 Å². The van der Waals surface area contributed by atoms with Crippen LogP contribution in [0.4, 0.5) is 5.69 Å². The molecule has 4 rings (SSSR count). The van der Waals surface area contributed by atoms with Gasteiger partial charge >= 0.3 is 0 Å². The van der Waals surface area contributed by atoms with Crippen molar-refractivity contribution in [3.05, 3.63) is 70.0 Å². The molecule has 2 heterocycles. The van der Waals surface area contributed by atoms with Gasteiger partial charge in [0.15, 0.2) is 0 Å². The van der Waals surface area contributed by atoms with E-state index in [0.717, 1.165) is 22.0 Å². The van der Waals surface area contributed by atoms with Crippen LogP contribution in [-0.2, 0) is 11.2 Å². The summed E-state index contributed by atoms with van der Waals surface area (Å²) < 4.78 is 1.27. The van der Waals surface area contributed by atoms with Gasteiger partial charge in [-0.3, -0.25) is 4.79 Å². The van der Waals surface area contributed by atoms with Crippen LogP contribution in [0.3, 0.4) is 0 Å². The van der Waals surface area contributed by atoms with Crippen LogP contribution in [0.15, 0.2) is 53.9 Å². The number of nitrogens with one attached hydrogen (secondary N) is 1. The summed E-state index contributed by atoms with van der Waals surface area (Å²) in [6.45, 7) is 4.12. The van der Waals surface area contributed by atoms with Crippen molar-refractivity contribution >= 4 is 44.4 Å². The third-order valence-corrected chi connectivity index (χ3v) is 6.50. The molecule has 3 nitrogen and oxygen atoms in total. The highest BCUT2D eigenvalue weighted by atomic mass is 32.1. The Morgan fingerprint density at radius 1 is 1.08 bits per heavy atom. The SMILES string of the molecule is Cc1ccccc1NC(=O)Cc1nc(-c2sc3ccccc3c2C)cs1. The lowest BCUT2D eigenvalue weighted by Gasteiger charge is -2.06. The molecule has 0 saturated heterocycles. The highest BCUT2D eigenvalue weighted by Crippen LogP contribution is 2.38. The number of hydrogen-bond acceptors (Lipinski definition) is 4. The largest absolute Gasteiger partial charge is 0.325 e. The predicted octanol–water partition coefficient (Wildman–Crippen LogP) is 5.82. The molecule has 5 heteroatoms. The van der Waals surface area contributed by atoms with Gasteiger partial charge < -0.3 is 5.32 Å². The number of rotatable bonds is 4. The summed E-state index contributed by atoms with van der Waals surface area (Å²) in [6, 6.07) is 16.2. The quantitative estimate of drug-likeness (QED) is 0.486. The van der Waals surface area contributed by atoms with E-state index in [2.05, 4.69) is 36.5 Å². The first-order valence-electron chi connectivity index (χ1n) is 8.40. The van der Waals surface area contributed by atoms with E-state index in [9.17, 15) is 4.79 Å². The molecule has 0 atom stereocenters. The molecule has 130 valence electrons. The summed E-state index contributed by atoms with van der Waals surface area (Å²) in [6.07, 6.45) is 0.295. The van der Waals surface area contributed by atoms with Crippen molar-refractivity contribution in [2.45, 2.75) is 20.3 Å². The summed E-state index contributed by atoms with van der Waals surface area (Å²) in [4.78, 5) is 18.2. The van der Waals surface area contributed by atoms with Gasteiger partial charge in [0.25, 0.3) is 0 Å². The lowest BCUT2D eigenvalue weighted by atomic mass is 10.1. The topological polar surface area (TPSA) is 42.0 Å². The molecular weight excluding hydrogens is 360 g/mol. The number of hydrogen-bond donors (Lipinski definition) is 1. The highest BCUT2D eigenvalue weighted by molar-refractivity contribution is 7.22. The number of carbonyl (C=O) groups excluding carboxylic acids is 1. The van der Waals surface area contributed by atoms with Crippen molar-refractivity contribution in [3.63, 3.8) is 0 Å². The maximum Gasteiger partial charge on any atom is 0.231 e. The van der Waals surface area contributed by atoms with E-state index in [1.165, 1.54) is 20.5 Å². The smallest absolute Gasteiger partial charge is 0.231 e. The zero-order valence-electron chi connectivity index (χ0n) is 14.6. The van der Waals surface area contributed by atoms with Gasteiger partial charge in [0.05, 0.1) is 17.0 Å². The third kappa shape index (κ3) is 3.28. The Morgan fingerprint density at radius 3 is 2.65 bits per heavy atom. The Labute approximate surface area is 160 Å². The van der Waals surface area contributed by atoms with Gasteiger partial charge in [-0.05, 0) is 42.5 Å². The average molecular weight is 379 g/mol. The van der Waals surface area contributed by atoms with E-state index in [1.807, 2.05) is 36.6 Å². The first kappa shape index (κ1) is 16.9. The molecule has 0 aliphatic heterocycles. The molecule has 2 aromatic heterocycles. The standard InChI is InChI=1S/C21H18N2OS2/c1-13-7-3-5-9-16(13)22-19(24)11-20-23-17(12-25-20)21-14(2)15-8-4-6-10-18(15)26-21/h3-10,12H,11H2,1-2H3,(H,22,24). The van der Waals surface area contributed by atoms with Gasteiger partial charge in [-0.25, -0.2) is 4.98 Å².